The topological polar surface area (TPSA) is 34.0 Å². The van der Waals surface area contributed by atoms with Crippen molar-refractivity contribution in [2.75, 3.05) is 13.1 Å². The van der Waals surface area contributed by atoms with E-state index < -0.39 is 5.82 Å². The fourth-order valence-corrected chi connectivity index (χ4v) is 1.98. The summed E-state index contributed by atoms with van der Waals surface area (Å²) in [5, 5.41) is 3.28. The Balaban J connectivity index is 2.06. The monoisotopic (exact) mass is 210 g/mol. The lowest BCUT2D eigenvalue weighted by molar-refractivity contribution is 0.329. The number of nitrogens with one attached hydrogen (secondary N) is 1. The summed E-state index contributed by atoms with van der Waals surface area (Å²) in [6.07, 6.45) is 3.72. The van der Waals surface area contributed by atoms with Crippen LogP contribution in [0.4, 0.5) is 4.39 Å². The van der Waals surface area contributed by atoms with E-state index in [1.165, 1.54) is 6.07 Å². The van der Waals surface area contributed by atoms with Gasteiger partial charge in [-0.25, -0.2) is 4.39 Å². The first-order chi connectivity index (χ1) is 7.25. The molecule has 2 heterocycles. The lowest BCUT2D eigenvalue weighted by Gasteiger charge is -2.23. The molecule has 0 atom stereocenters. The van der Waals surface area contributed by atoms with E-state index in [-0.39, 0.29) is 5.56 Å². The van der Waals surface area contributed by atoms with E-state index in [1.54, 1.807) is 10.8 Å². The van der Waals surface area contributed by atoms with Gasteiger partial charge in [0.15, 0.2) is 0 Å². The fraction of sp³-hybridized carbons (Fsp3) is 0.545. The number of halogens is 1. The highest BCUT2D eigenvalue weighted by Crippen LogP contribution is 2.13. The molecule has 1 fully saturated rings. The van der Waals surface area contributed by atoms with Crippen LogP contribution in [0.1, 0.15) is 12.8 Å². The minimum Gasteiger partial charge on any atom is -0.317 e. The maximum absolute atomic E-state index is 12.7. The highest BCUT2D eigenvalue weighted by Gasteiger charge is 2.13. The van der Waals surface area contributed by atoms with Crippen molar-refractivity contribution in [3.63, 3.8) is 0 Å². The van der Waals surface area contributed by atoms with Crippen LogP contribution in [-0.4, -0.2) is 17.7 Å². The zero-order valence-corrected chi connectivity index (χ0v) is 8.58. The first-order valence-corrected chi connectivity index (χ1v) is 5.32. The van der Waals surface area contributed by atoms with Gasteiger partial charge >= 0.3 is 0 Å². The number of piperidine rings is 1. The van der Waals surface area contributed by atoms with Crippen molar-refractivity contribution in [1.82, 2.24) is 9.88 Å². The quantitative estimate of drug-likeness (QED) is 0.789. The van der Waals surface area contributed by atoms with Gasteiger partial charge in [0.2, 0.25) is 0 Å². The zero-order chi connectivity index (χ0) is 10.7. The van der Waals surface area contributed by atoms with E-state index in [1.807, 2.05) is 0 Å². The summed E-state index contributed by atoms with van der Waals surface area (Å²) < 4.78 is 14.3. The standard InChI is InChI=1S/C11H15FN2O/c12-10-3-6-14(11(15)7-10)8-9-1-4-13-5-2-9/h3,6-7,9,13H,1-2,4-5,8H2. The average Bonchev–Trinajstić information content (AvgIpc) is 2.24. The number of hydrogen-bond donors (Lipinski definition) is 1. The summed E-state index contributed by atoms with van der Waals surface area (Å²) in [5.41, 5.74) is -0.242. The third kappa shape index (κ3) is 2.65. The molecule has 0 aliphatic carbocycles. The first-order valence-electron chi connectivity index (χ1n) is 5.32. The lowest BCUT2D eigenvalue weighted by atomic mass is 9.98. The molecular weight excluding hydrogens is 195 g/mol. The second kappa shape index (κ2) is 4.57. The van der Waals surface area contributed by atoms with Crippen LogP contribution in [0, 0.1) is 11.7 Å². The summed E-state index contributed by atoms with van der Waals surface area (Å²) in [6.45, 7) is 2.74. The normalized spacial score (nSPS) is 17.9. The largest absolute Gasteiger partial charge is 0.317 e. The van der Waals surface area contributed by atoms with Crippen LogP contribution in [0.2, 0.25) is 0 Å². The van der Waals surface area contributed by atoms with Gasteiger partial charge in [0.25, 0.3) is 5.56 Å². The highest BCUT2D eigenvalue weighted by atomic mass is 19.1. The van der Waals surface area contributed by atoms with Crippen LogP contribution in [0.3, 0.4) is 0 Å². The van der Waals surface area contributed by atoms with Gasteiger partial charge in [0, 0.05) is 18.8 Å². The Hall–Kier alpha value is -1.16. The molecule has 1 aliphatic heterocycles. The van der Waals surface area contributed by atoms with Crippen LogP contribution < -0.4 is 10.9 Å². The van der Waals surface area contributed by atoms with E-state index in [9.17, 15) is 9.18 Å². The molecule has 3 nitrogen and oxygen atoms in total. The molecule has 15 heavy (non-hydrogen) atoms. The van der Waals surface area contributed by atoms with Crippen molar-refractivity contribution < 1.29 is 4.39 Å². The van der Waals surface area contributed by atoms with E-state index in [2.05, 4.69) is 5.32 Å². The predicted octanol–water partition coefficient (Wildman–Crippen LogP) is 0.987. The van der Waals surface area contributed by atoms with Gasteiger partial charge < -0.3 is 9.88 Å². The van der Waals surface area contributed by atoms with Crippen molar-refractivity contribution in [1.29, 1.82) is 0 Å². The van der Waals surface area contributed by atoms with Crippen molar-refractivity contribution in [3.05, 3.63) is 34.5 Å². The molecule has 1 N–H and O–H groups in total. The van der Waals surface area contributed by atoms with Gasteiger partial charge in [-0.1, -0.05) is 0 Å². The Labute approximate surface area is 87.9 Å². The molecule has 1 aromatic heterocycles. The summed E-state index contributed by atoms with van der Waals surface area (Å²) in [6, 6.07) is 2.38. The average molecular weight is 210 g/mol. The van der Waals surface area contributed by atoms with Gasteiger partial charge in [0.05, 0.1) is 0 Å². The van der Waals surface area contributed by atoms with Crippen molar-refractivity contribution in [2.24, 2.45) is 5.92 Å². The Morgan fingerprint density at radius 3 is 2.87 bits per heavy atom. The molecule has 1 saturated heterocycles. The van der Waals surface area contributed by atoms with E-state index in [0.717, 1.165) is 32.0 Å². The Kier molecular flexibility index (Phi) is 3.16. The van der Waals surface area contributed by atoms with Crippen LogP contribution in [0.5, 0.6) is 0 Å². The fourth-order valence-electron chi connectivity index (χ4n) is 1.98. The lowest BCUT2D eigenvalue weighted by Crippen LogP contribution is -2.32. The number of nitrogens with zero attached hydrogens (tertiary/aromatic N) is 1. The van der Waals surface area contributed by atoms with Crippen molar-refractivity contribution in [3.8, 4) is 0 Å². The number of hydrogen-bond acceptors (Lipinski definition) is 2. The molecule has 82 valence electrons. The van der Waals surface area contributed by atoms with E-state index in [0.29, 0.717) is 12.5 Å². The van der Waals surface area contributed by atoms with Crippen LogP contribution in [0.15, 0.2) is 23.1 Å². The Morgan fingerprint density at radius 2 is 2.20 bits per heavy atom. The molecule has 0 radical (unpaired) electrons. The molecule has 0 aromatic carbocycles. The number of rotatable bonds is 2. The molecule has 2 rings (SSSR count). The predicted molar refractivity (Wildman–Crippen MR) is 56.3 cm³/mol. The third-order valence-electron chi connectivity index (χ3n) is 2.87. The van der Waals surface area contributed by atoms with E-state index in [4.69, 9.17) is 0 Å². The smallest absolute Gasteiger partial charge is 0.253 e. The Bertz CT molecular complexity index is 382. The van der Waals surface area contributed by atoms with Crippen LogP contribution >= 0.6 is 0 Å². The van der Waals surface area contributed by atoms with Crippen LogP contribution in [0.25, 0.3) is 0 Å². The summed E-state index contributed by atoms with van der Waals surface area (Å²) in [4.78, 5) is 11.4. The zero-order valence-electron chi connectivity index (χ0n) is 8.58. The second-order valence-corrected chi connectivity index (χ2v) is 4.03. The molecule has 1 aliphatic rings. The maximum Gasteiger partial charge on any atom is 0.253 e. The van der Waals surface area contributed by atoms with Crippen molar-refractivity contribution >= 4 is 0 Å². The van der Waals surface area contributed by atoms with E-state index >= 15 is 0 Å². The summed E-state index contributed by atoms with van der Waals surface area (Å²) in [7, 11) is 0. The van der Waals surface area contributed by atoms with Gasteiger partial charge in [-0.05, 0) is 37.9 Å². The highest BCUT2D eigenvalue weighted by molar-refractivity contribution is 4.97. The third-order valence-corrected chi connectivity index (χ3v) is 2.87. The molecule has 0 spiro atoms. The minimum atomic E-state index is -0.457. The Morgan fingerprint density at radius 1 is 1.47 bits per heavy atom. The molecule has 0 amide bonds. The molecule has 0 bridgehead atoms. The van der Waals surface area contributed by atoms with Crippen molar-refractivity contribution in [2.45, 2.75) is 19.4 Å². The summed E-state index contributed by atoms with van der Waals surface area (Å²) in [5.74, 6) is 0.0796. The van der Waals surface area contributed by atoms with Gasteiger partial charge in [-0.2, -0.15) is 0 Å². The first kappa shape index (κ1) is 10.4. The molecule has 0 saturated carbocycles. The maximum atomic E-state index is 12.7. The molecule has 1 aromatic rings. The van der Waals surface area contributed by atoms with Gasteiger partial charge in [-0.3, -0.25) is 4.79 Å². The number of pyridine rings is 1. The molecular formula is C11H15FN2O. The number of aromatic nitrogens is 1. The SMILES string of the molecule is O=c1cc(F)ccn1CC1CCNCC1. The minimum absolute atomic E-state index is 0.242. The molecule has 4 heteroatoms. The van der Waals surface area contributed by atoms with Crippen LogP contribution in [-0.2, 0) is 6.54 Å². The van der Waals surface area contributed by atoms with Gasteiger partial charge in [0.1, 0.15) is 5.82 Å². The molecule has 0 unspecified atom stereocenters. The van der Waals surface area contributed by atoms with Gasteiger partial charge in [-0.15, -0.1) is 0 Å². The summed E-state index contributed by atoms with van der Waals surface area (Å²) >= 11 is 0. The second-order valence-electron chi connectivity index (χ2n) is 4.03.